The molecular weight excluding hydrogens is 480 g/mol. The number of hydrogen-bond acceptors (Lipinski definition) is 1. The maximum atomic E-state index is 2.60. The Kier molecular flexibility index (Phi) is 6.32. The molecule has 1 atom stereocenters. The van der Waals surface area contributed by atoms with Crippen LogP contribution in [0.15, 0.2) is 65.9 Å². The largest absolute Gasteiger partial charge is 0.147 e. The van der Waals surface area contributed by atoms with Crippen molar-refractivity contribution in [3.8, 4) is 0 Å². The zero-order valence-corrected chi connectivity index (χ0v) is 21.5. The monoisotopic (exact) mass is 503 g/mol. The molecule has 144 valence electrons. The number of allylic oxidation sites excluding steroid dienone is 4. The standard InChI is InChI=1S/C16H12N.C7H11Si.2ClH.Zr/c1-17-14-9-5-4-8-13(14)16-12-7-3-2-6-11(12)10-15(16)17;1-8(2)7-5-3-4-6-7;;;/h2-7,9-10,15H,1H3;3-5H,6H2,1-2H3;2*1H;. The predicted octanol–water partition coefficient (Wildman–Crippen LogP) is 3.68. The van der Waals surface area contributed by atoms with Crippen LogP contribution in [-0.2, 0) is 22.4 Å². The minimum atomic E-state index is -1.28. The predicted molar refractivity (Wildman–Crippen MR) is 125 cm³/mol. The SMILES string of the molecule is CN1c2ccc[c]([Zr][Si](C)(C)C3=CC=CC3)c2C2=c3ccccc3=CC21.Cl.Cl. The minimum Gasteiger partial charge on any atom is -0.147 e. The fourth-order valence-electron chi connectivity index (χ4n) is 4.59. The van der Waals surface area contributed by atoms with Gasteiger partial charge in [0.15, 0.2) is 0 Å². The van der Waals surface area contributed by atoms with Gasteiger partial charge in [0.05, 0.1) is 0 Å². The van der Waals surface area contributed by atoms with Crippen LogP contribution in [0, 0.1) is 0 Å². The Labute approximate surface area is 191 Å². The van der Waals surface area contributed by atoms with E-state index < -0.39 is 27.6 Å². The molecule has 0 spiro atoms. The Balaban J connectivity index is 0.00000112. The van der Waals surface area contributed by atoms with Gasteiger partial charge >= 0.3 is 168 Å². The fraction of sp³-hybridized carbons (Fsp3) is 0.217. The molecule has 0 bridgehead atoms. The second-order valence-electron chi connectivity index (χ2n) is 8.00. The summed E-state index contributed by atoms with van der Waals surface area (Å²) in [5.74, 6) is 0. The van der Waals surface area contributed by atoms with Gasteiger partial charge in [0, 0.05) is 0 Å². The molecule has 1 aliphatic heterocycles. The second kappa shape index (κ2) is 8.11. The number of hydrogen-bond donors (Lipinski definition) is 0. The number of nitrogens with zero attached hydrogens (tertiary/aromatic N) is 1. The topological polar surface area (TPSA) is 3.24 Å². The maximum Gasteiger partial charge on any atom is -0.147 e. The van der Waals surface area contributed by atoms with Crippen LogP contribution in [0.2, 0.25) is 13.1 Å². The van der Waals surface area contributed by atoms with Crippen molar-refractivity contribution in [1.82, 2.24) is 0 Å². The maximum absolute atomic E-state index is 2.60. The van der Waals surface area contributed by atoms with Crippen molar-refractivity contribution >= 4 is 50.6 Å². The normalized spacial score (nSPS) is 18.4. The number of rotatable bonds is 3. The first kappa shape index (κ1) is 21.8. The van der Waals surface area contributed by atoms with E-state index in [-0.39, 0.29) is 24.8 Å². The number of anilines is 1. The number of benzene rings is 2. The van der Waals surface area contributed by atoms with Crippen molar-refractivity contribution in [3.63, 3.8) is 0 Å². The van der Waals surface area contributed by atoms with Crippen molar-refractivity contribution in [2.75, 3.05) is 11.9 Å². The van der Waals surface area contributed by atoms with Crippen molar-refractivity contribution in [3.05, 3.63) is 81.9 Å². The van der Waals surface area contributed by atoms with Gasteiger partial charge in [-0.1, -0.05) is 0 Å². The van der Waals surface area contributed by atoms with Crippen molar-refractivity contribution < 1.29 is 22.4 Å². The Morgan fingerprint density at radius 3 is 2.57 bits per heavy atom. The molecule has 0 amide bonds. The first-order chi connectivity index (χ1) is 12.6. The summed E-state index contributed by atoms with van der Waals surface area (Å²) >= 11 is -0.669. The zero-order valence-electron chi connectivity index (χ0n) is 16.4. The minimum absolute atomic E-state index is 0. The molecule has 5 heteroatoms. The summed E-state index contributed by atoms with van der Waals surface area (Å²) in [4.78, 5) is 2.48. The molecule has 1 heterocycles. The third-order valence-corrected chi connectivity index (χ3v) is 18.9. The van der Waals surface area contributed by atoms with E-state index in [1.807, 2.05) is 0 Å². The van der Waals surface area contributed by atoms with Gasteiger partial charge in [-0.2, -0.15) is 0 Å². The quantitative estimate of drug-likeness (QED) is 0.576. The van der Waals surface area contributed by atoms with Gasteiger partial charge in [0.1, 0.15) is 0 Å². The van der Waals surface area contributed by atoms with E-state index in [9.17, 15) is 0 Å². The van der Waals surface area contributed by atoms with Gasteiger partial charge in [0.2, 0.25) is 0 Å². The molecule has 2 aromatic rings. The molecule has 0 saturated carbocycles. The fourth-order valence-corrected chi connectivity index (χ4v) is 16.7. The Hall–Kier alpha value is -0.860. The summed E-state index contributed by atoms with van der Waals surface area (Å²) in [6.45, 7) is 5.21. The van der Waals surface area contributed by atoms with Crippen LogP contribution in [0.25, 0.3) is 11.6 Å². The molecule has 0 saturated heterocycles. The summed E-state index contributed by atoms with van der Waals surface area (Å²) in [7, 11) is 2.26. The Morgan fingerprint density at radius 1 is 1.04 bits per heavy atom. The van der Waals surface area contributed by atoms with Crippen LogP contribution in [0.1, 0.15) is 12.0 Å². The smallest absolute Gasteiger partial charge is 0.147 e. The molecular formula is C23H25Cl2NSiZr. The average molecular weight is 506 g/mol. The molecule has 1 unspecified atom stereocenters. The van der Waals surface area contributed by atoms with Crippen molar-refractivity contribution in [2.45, 2.75) is 25.6 Å². The molecule has 5 rings (SSSR count). The third-order valence-electron chi connectivity index (χ3n) is 6.01. The van der Waals surface area contributed by atoms with Crippen LogP contribution in [0.5, 0.6) is 0 Å². The molecule has 2 aromatic carbocycles. The van der Waals surface area contributed by atoms with E-state index in [0.29, 0.717) is 6.04 Å². The van der Waals surface area contributed by atoms with Crippen molar-refractivity contribution in [1.29, 1.82) is 0 Å². The van der Waals surface area contributed by atoms with Crippen molar-refractivity contribution in [2.24, 2.45) is 0 Å². The number of halogens is 2. The van der Waals surface area contributed by atoms with E-state index >= 15 is 0 Å². The molecule has 28 heavy (non-hydrogen) atoms. The summed E-state index contributed by atoms with van der Waals surface area (Å²) in [6.07, 6.45) is 10.7. The molecule has 0 fully saturated rings. The van der Waals surface area contributed by atoms with Gasteiger partial charge < -0.3 is 0 Å². The Morgan fingerprint density at radius 2 is 1.82 bits per heavy atom. The summed E-state index contributed by atoms with van der Waals surface area (Å²) in [5, 5.41) is 3.33. The molecule has 1 nitrogen and oxygen atoms in total. The molecule has 0 N–H and O–H groups in total. The van der Waals surface area contributed by atoms with E-state index in [2.05, 4.69) is 91.8 Å². The Bertz CT molecular complexity index is 1100. The van der Waals surface area contributed by atoms with Crippen LogP contribution in [0.4, 0.5) is 5.69 Å². The number of fused-ring (bicyclic) bond motifs is 4. The summed E-state index contributed by atoms with van der Waals surface area (Å²) < 4.78 is 1.71. The first-order valence-corrected chi connectivity index (χ1v) is 17.3. The molecule has 0 radical (unpaired) electrons. The van der Waals surface area contributed by atoms with Crippen LogP contribution in [0.3, 0.4) is 0 Å². The molecule has 3 aliphatic rings. The first-order valence-electron chi connectivity index (χ1n) is 9.38. The molecule has 2 aliphatic carbocycles. The zero-order chi connectivity index (χ0) is 17.9. The van der Waals surface area contributed by atoms with Gasteiger partial charge in [-0.05, 0) is 0 Å². The van der Waals surface area contributed by atoms with Crippen LogP contribution >= 0.6 is 24.8 Å². The third kappa shape index (κ3) is 3.35. The van der Waals surface area contributed by atoms with Gasteiger partial charge in [-0.25, -0.2) is 0 Å². The summed E-state index contributed by atoms with van der Waals surface area (Å²) in [6, 6.07) is 16.4. The van der Waals surface area contributed by atoms with E-state index in [0.717, 1.165) is 0 Å². The van der Waals surface area contributed by atoms with Crippen LogP contribution < -0.4 is 18.6 Å². The van der Waals surface area contributed by atoms with E-state index in [1.165, 1.54) is 22.5 Å². The van der Waals surface area contributed by atoms with Gasteiger partial charge in [0.25, 0.3) is 0 Å². The summed E-state index contributed by atoms with van der Waals surface area (Å²) in [5.41, 5.74) is 4.59. The van der Waals surface area contributed by atoms with E-state index in [4.69, 9.17) is 0 Å². The average Bonchev–Trinajstić information content (AvgIpc) is 3.33. The van der Waals surface area contributed by atoms with Gasteiger partial charge in [-0.3, -0.25) is 0 Å². The van der Waals surface area contributed by atoms with E-state index in [1.54, 1.807) is 19.6 Å². The van der Waals surface area contributed by atoms with Crippen LogP contribution in [-0.4, -0.2) is 18.3 Å². The van der Waals surface area contributed by atoms with Gasteiger partial charge in [-0.15, -0.1) is 24.8 Å². The number of likely N-dealkylation sites (N-methyl/N-ethyl adjacent to an activating group) is 1. The molecule has 0 aromatic heterocycles. The second-order valence-corrected chi connectivity index (χ2v) is 24.5.